The zero-order chi connectivity index (χ0) is 34.2. The molecule has 0 fully saturated rings. The van der Waals surface area contributed by atoms with Crippen molar-refractivity contribution in [3.63, 3.8) is 0 Å². The fourth-order valence-corrected chi connectivity index (χ4v) is 9.81. The summed E-state index contributed by atoms with van der Waals surface area (Å²) in [4.78, 5) is 20.9. The maximum atomic E-state index is 5.39. The van der Waals surface area contributed by atoms with Crippen molar-refractivity contribution in [3.05, 3.63) is 158 Å². The van der Waals surface area contributed by atoms with E-state index in [1.807, 2.05) is 29.5 Å². The average Bonchev–Trinajstić information content (AvgIpc) is 3.79. The molecule has 0 aliphatic heterocycles. The lowest BCUT2D eigenvalue weighted by molar-refractivity contribution is 1.08. The van der Waals surface area contributed by atoms with Crippen molar-refractivity contribution in [2.45, 2.75) is 0 Å². The summed E-state index contributed by atoms with van der Waals surface area (Å²) in [5, 5.41) is 8.41. The van der Waals surface area contributed by atoms with Crippen LogP contribution < -0.4 is 0 Å². The number of hydrogen-bond donors (Lipinski definition) is 0. The molecule has 4 aromatic heterocycles. The number of hydrogen-bond acceptors (Lipinski definition) is 6. The third-order valence-electron chi connectivity index (χ3n) is 9.91. The third-order valence-corrected chi connectivity index (χ3v) is 12.2. The summed E-state index contributed by atoms with van der Waals surface area (Å²) in [6.07, 6.45) is 0. The largest absolute Gasteiger partial charge is 0.247 e. The lowest BCUT2D eigenvalue weighted by Gasteiger charge is -2.13. The summed E-state index contributed by atoms with van der Waals surface area (Å²) >= 11 is 3.64. The Balaban J connectivity index is 1.20. The van der Waals surface area contributed by atoms with Crippen LogP contribution in [0, 0.1) is 0 Å². The first-order valence-corrected chi connectivity index (χ1v) is 18.9. The van der Waals surface area contributed by atoms with Crippen molar-refractivity contribution >= 4 is 84.7 Å². The van der Waals surface area contributed by atoms with Gasteiger partial charge in [-0.05, 0) is 30.3 Å². The van der Waals surface area contributed by atoms with Gasteiger partial charge in [-0.2, -0.15) is 0 Å². The summed E-state index contributed by atoms with van der Waals surface area (Å²) < 4.78 is 5.02. The van der Waals surface area contributed by atoms with Crippen LogP contribution >= 0.6 is 22.7 Å². The van der Waals surface area contributed by atoms with Gasteiger partial charge in [-0.25, -0.2) is 19.9 Å². The van der Waals surface area contributed by atoms with Crippen LogP contribution in [0.2, 0.25) is 0 Å². The minimum Gasteiger partial charge on any atom is -0.247 e. The number of aromatic nitrogens is 4. The second kappa shape index (κ2) is 11.6. The first-order chi connectivity index (χ1) is 25.8. The second-order valence-electron chi connectivity index (χ2n) is 13.0. The zero-order valence-corrected chi connectivity index (χ0v) is 29.2. The van der Waals surface area contributed by atoms with Gasteiger partial charge in [0.25, 0.3) is 0 Å². The van der Waals surface area contributed by atoms with Gasteiger partial charge >= 0.3 is 0 Å². The molecule has 4 nitrogen and oxygen atoms in total. The molecule has 0 saturated carbocycles. The van der Waals surface area contributed by atoms with E-state index in [4.69, 9.17) is 19.9 Å². The van der Waals surface area contributed by atoms with E-state index in [0.717, 1.165) is 44.2 Å². The fourth-order valence-electron chi connectivity index (χ4n) is 7.57. The van der Waals surface area contributed by atoms with Gasteiger partial charge in [-0.15, -0.1) is 22.7 Å². The minimum atomic E-state index is 0.615. The molecular weight excluding hydrogens is 673 g/mol. The highest BCUT2D eigenvalue weighted by Crippen LogP contribution is 2.44. The van der Waals surface area contributed by atoms with Gasteiger partial charge in [0, 0.05) is 78.8 Å². The molecule has 0 radical (unpaired) electrons. The summed E-state index contributed by atoms with van der Waals surface area (Å²) in [5.74, 6) is 1.91. The second-order valence-corrected chi connectivity index (χ2v) is 15.1. The molecule has 0 spiro atoms. The van der Waals surface area contributed by atoms with Crippen molar-refractivity contribution in [1.29, 1.82) is 0 Å². The average molecular weight is 699 g/mol. The molecule has 52 heavy (non-hydrogen) atoms. The number of rotatable bonds is 4. The number of nitrogens with zero attached hydrogens (tertiary/aromatic N) is 4. The van der Waals surface area contributed by atoms with E-state index in [0.29, 0.717) is 17.5 Å². The summed E-state index contributed by atoms with van der Waals surface area (Å²) in [6, 6.07) is 55.4. The third kappa shape index (κ3) is 4.58. The predicted molar refractivity (Wildman–Crippen MR) is 220 cm³/mol. The van der Waals surface area contributed by atoms with Crippen molar-refractivity contribution in [2.24, 2.45) is 0 Å². The number of pyridine rings is 1. The van der Waals surface area contributed by atoms with Gasteiger partial charge in [0.05, 0.1) is 11.2 Å². The first-order valence-electron chi connectivity index (χ1n) is 17.2. The molecule has 4 heterocycles. The van der Waals surface area contributed by atoms with Crippen LogP contribution in [0.5, 0.6) is 0 Å². The molecule has 242 valence electrons. The summed E-state index contributed by atoms with van der Waals surface area (Å²) in [7, 11) is 0. The Kier molecular flexibility index (Phi) is 6.56. The Morgan fingerprint density at radius 1 is 0.327 bits per heavy atom. The Morgan fingerprint density at radius 3 is 1.65 bits per heavy atom. The van der Waals surface area contributed by atoms with Gasteiger partial charge in [0.1, 0.15) is 0 Å². The summed E-state index contributed by atoms with van der Waals surface area (Å²) in [6.45, 7) is 0. The van der Waals surface area contributed by atoms with Gasteiger partial charge in [-0.3, -0.25) is 0 Å². The molecule has 11 rings (SSSR count). The molecule has 0 aliphatic rings. The zero-order valence-electron chi connectivity index (χ0n) is 27.6. The van der Waals surface area contributed by atoms with E-state index < -0.39 is 0 Å². The highest BCUT2D eigenvalue weighted by molar-refractivity contribution is 7.26. The lowest BCUT2D eigenvalue weighted by Crippen LogP contribution is -2.00. The Labute approximate surface area is 306 Å². The van der Waals surface area contributed by atoms with E-state index in [-0.39, 0.29) is 0 Å². The monoisotopic (exact) mass is 698 g/mol. The summed E-state index contributed by atoms with van der Waals surface area (Å²) in [5.41, 5.74) is 5.79. The molecule has 11 aromatic rings. The Bertz CT molecular complexity index is 3180. The van der Waals surface area contributed by atoms with Crippen LogP contribution in [-0.4, -0.2) is 19.9 Å². The van der Waals surface area contributed by atoms with Crippen molar-refractivity contribution in [1.82, 2.24) is 19.9 Å². The number of benzene rings is 7. The van der Waals surface area contributed by atoms with E-state index in [9.17, 15) is 0 Å². The van der Waals surface area contributed by atoms with Gasteiger partial charge in [0.2, 0.25) is 0 Å². The van der Waals surface area contributed by atoms with Gasteiger partial charge in [0.15, 0.2) is 17.5 Å². The van der Waals surface area contributed by atoms with Crippen LogP contribution in [0.15, 0.2) is 158 Å². The molecule has 0 aliphatic carbocycles. The molecule has 6 heteroatoms. The van der Waals surface area contributed by atoms with Crippen molar-refractivity contribution < 1.29 is 0 Å². The fraction of sp³-hybridized carbons (Fsp3) is 0. The van der Waals surface area contributed by atoms with Gasteiger partial charge in [-0.1, -0.05) is 127 Å². The quantitative estimate of drug-likeness (QED) is 0.172. The first kappa shape index (κ1) is 29.4. The highest BCUT2D eigenvalue weighted by Gasteiger charge is 2.20. The predicted octanol–water partition coefficient (Wildman–Crippen LogP) is 13.0. The standard InChI is InChI=1S/C46H26N4S2/c1-3-12-27(13-4-1)43-33-24-25-39-42(32-17-8-10-20-37(32)52-39)41(33)30-23-22-29(26-35(30)47-43)45-48-44(28-14-5-2-6-15-28)49-46(50-45)34-18-11-21-38-40(34)31-16-7-9-19-36(31)51-38/h1-26H. The molecule has 0 bridgehead atoms. The Hall–Kier alpha value is -6.34. The SMILES string of the molecule is c1ccc(-c2nc(-c3ccc4c(c3)nc(-c3ccccc3)c3ccc5sc6ccccc6c5c34)nc(-c3cccc4sc5ccccc5c34)n2)cc1. The molecule has 0 saturated heterocycles. The molecule has 0 N–H and O–H groups in total. The molecule has 0 unspecified atom stereocenters. The van der Waals surface area contributed by atoms with Crippen LogP contribution in [0.1, 0.15) is 0 Å². The van der Waals surface area contributed by atoms with Crippen LogP contribution in [-0.2, 0) is 0 Å². The molecule has 7 aromatic carbocycles. The van der Waals surface area contributed by atoms with Crippen LogP contribution in [0.25, 0.3) is 107 Å². The van der Waals surface area contributed by atoms with Crippen LogP contribution in [0.3, 0.4) is 0 Å². The minimum absolute atomic E-state index is 0.615. The highest BCUT2D eigenvalue weighted by atomic mass is 32.1. The molecular formula is C46H26N4S2. The van der Waals surface area contributed by atoms with E-state index in [1.54, 1.807) is 11.3 Å². The normalized spacial score (nSPS) is 11.8. The lowest BCUT2D eigenvalue weighted by atomic mass is 9.95. The topological polar surface area (TPSA) is 51.6 Å². The van der Waals surface area contributed by atoms with Gasteiger partial charge < -0.3 is 0 Å². The number of fused-ring (bicyclic) bond motifs is 10. The van der Waals surface area contributed by atoms with Crippen molar-refractivity contribution in [2.75, 3.05) is 0 Å². The van der Waals surface area contributed by atoms with Crippen molar-refractivity contribution in [3.8, 4) is 45.4 Å². The molecule has 0 amide bonds. The maximum absolute atomic E-state index is 5.39. The van der Waals surface area contributed by atoms with E-state index in [2.05, 4.69) is 140 Å². The Morgan fingerprint density at radius 2 is 0.904 bits per heavy atom. The van der Waals surface area contributed by atoms with E-state index in [1.165, 1.54) is 45.7 Å². The molecule has 0 atom stereocenters. The van der Waals surface area contributed by atoms with Crippen LogP contribution in [0.4, 0.5) is 0 Å². The smallest absolute Gasteiger partial charge is 0.164 e. The van der Waals surface area contributed by atoms with E-state index >= 15 is 0 Å². The number of thiophene rings is 2. The maximum Gasteiger partial charge on any atom is 0.164 e.